The van der Waals surface area contributed by atoms with Gasteiger partial charge >= 0.3 is 6.03 Å². The second kappa shape index (κ2) is 12.0. The minimum absolute atomic E-state index is 0.0520. The predicted molar refractivity (Wildman–Crippen MR) is 134 cm³/mol. The van der Waals surface area contributed by atoms with E-state index in [0.717, 1.165) is 25.1 Å². The number of nitrogens with one attached hydrogen (secondary N) is 1. The molecule has 3 unspecified atom stereocenters. The number of nitrogens with zero attached hydrogens (tertiary/aromatic N) is 3. The molecule has 36 heavy (non-hydrogen) atoms. The molecule has 2 fully saturated rings. The summed E-state index contributed by atoms with van der Waals surface area (Å²) in [7, 11) is 3.19. The Hall–Kier alpha value is -3.48. The number of rotatable bonds is 9. The van der Waals surface area contributed by atoms with E-state index in [0.29, 0.717) is 60.8 Å². The maximum absolute atomic E-state index is 12.9. The Morgan fingerprint density at radius 2 is 1.78 bits per heavy atom. The first-order chi connectivity index (χ1) is 17.5. The van der Waals surface area contributed by atoms with Gasteiger partial charge in [-0.3, -0.25) is 4.90 Å². The minimum atomic E-state index is -0.611. The molecule has 2 N–H and O–H groups in total. The van der Waals surface area contributed by atoms with Crippen molar-refractivity contribution in [1.82, 2.24) is 15.1 Å². The van der Waals surface area contributed by atoms with E-state index in [1.165, 1.54) is 0 Å². The van der Waals surface area contributed by atoms with Crippen molar-refractivity contribution in [3.05, 3.63) is 53.6 Å². The first kappa shape index (κ1) is 25.6. The number of hydrogen-bond donors (Lipinski definition) is 2. The number of nitriles is 1. The monoisotopic (exact) mass is 494 g/mol. The summed E-state index contributed by atoms with van der Waals surface area (Å²) in [6, 6.07) is 14.5. The maximum Gasteiger partial charge on any atom is 0.317 e. The number of carbonyl (C=O) groups is 1. The average Bonchev–Trinajstić information content (AvgIpc) is 2.90. The molecule has 2 bridgehead atoms. The second-order valence-electron chi connectivity index (χ2n) is 9.54. The van der Waals surface area contributed by atoms with E-state index in [1.807, 2.05) is 23.1 Å². The number of ether oxygens (including phenoxy) is 3. The molecule has 192 valence electrons. The van der Waals surface area contributed by atoms with Crippen LogP contribution in [0.15, 0.2) is 42.5 Å². The number of β-amino-alcohol motifs (C(OH)–C–C–N with tert-alkyl or cyclic N) is 1. The summed E-state index contributed by atoms with van der Waals surface area (Å²) in [5, 5.41) is 22.4. The fourth-order valence-electron chi connectivity index (χ4n) is 5.15. The SMILES string of the molecule is COc1ccc(CNC(=O)N2CC3CC(CN(CC(O)COc4ccc(C#N)cc4)C3)C2)cc1OC. The van der Waals surface area contributed by atoms with Gasteiger partial charge in [-0.15, -0.1) is 0 Å². The van der Waals surface area contributed by atoms with Gasteiger partial charge in [0.25, 0.3) is 0 Å². The van der Waals surface area contributed by atoms with E-state index in [4.69, 9.17) is 19.5 Å². The quantitative estimate of drug-likeness (QED) is 0.552. The molecule has 2 saturated heterocycles. The topological polar surface area (TPSA) is 107 Å². The summed E-state index contributed by atoms with van der Waals surface area (Å²) < 4.78 is 16.3. The number of aliphatic hydroxyl groups is 1. The second-order valence-corrected chi connectivity index (χ2v) is 9.54. The molecular weight excluding hydrogens is 460 g/mol. The van der Waals surface area contributed by atoms with Gasteiger partial charge in [0, 0.05) is 39.3 Å². The summed E-state index contributed by atoms with van der Waals surface area (Å²) in [5.74, 6) is 2.71. The molecule has 9 nitrogen and oxygen atoms in total. The number of likely N-dealkylation sites (tertiary alicyclic amines) is 2. The van der Waals surface area contributed by atoms with Crippen LogP contribution in [0.25, 0.3) is 0 Å². The van der Waals surface area contributed by atoms with Crippen molar-refractivity contribution in [2.75, 3.05) is 53.6 Å². The molecule has 2 aromatic rings. The number of amides is 2. The zero-order valence-corrected chi connectivity index (χ0v) is 20.9. The lowest BCUT2D eigenvalue weighted by molar-refractivity contribution is 0.00916. The predicted octanol–water partition coefficient (Wildman–Crippen LogP) is 2.48. The van der Waals surface area contributed by atoms with Crippen LogP contribution in [0.1, 0.15) is 17.5 Å². The van der Waals surface area contributed by atoms with Gasteiger partial charge < -0.3 is 29.5 Å². The minimum Gasteiger partial charge on any atom is -0.493 e. The van der Waals surface area contributed by atoms with Crippen LogP contribution in [-0.4, -0.2) is 80.6 Å². The normalized spacial score (nSPS) is 20.2. The van der Waals surface area contributed by atoms with Crippen molar-refractivity contribution in [1.29, 1.82) is 5.26 Å². The van der Waals surface area contributed by atoms with Crippen molar-refractivity contribution in [2.24, 2.45) is 11.8 Å². The van der Waals surface area contributed by atoms with Crippen LogP contribution in [0.5, 0.6) is 17.2 Å². The van der Waals surface area contributed by atoms with Gasteiger partial charge in [0.05, 0.1) is 25.9 Å². The van der Waals surface area contributed by atoms with Crippen LogP contribution < -0.4 is 19.5 Å². The summed E-state index contributed by atoms with van der Waals surface area (Å²) in [5.41, 5.74) is 1.52. The van der Waals surface area contributed by atoms with Gasteiger partial charge in [-0.05, 0) is 60.2 Å². The molecule has 2 heterocycles. The molecular formula is C27H34N4O5. The maximum atomic E-state index is 12.9. The molecule has 2 aliphatic heterocycles. The van der Waals surface area contributed by atoms with Gasteiger partial charge in [0.15, 0.2) is 11.5 Å². The van der Waals surface area contributed by atoms with Crippen LogP contribution >= 0.6 is 0 Å². The van der Waals surface area contributed by atoms with Gasteiger partial charge in [0.1, 0.15) is 18.5 Å². The Kier molecular flexibility index (Phi) is 8.52. The number of piperidine rings is 2. The van der Waals surface area contributed by atoms with Crippen molar-refractivity contribution in [3.63, 3.8) is 0 Å². The number of methoxy groups -OCH3 is 2. The summed E-state index contributed by atoms with van der Waals surface area (Å²) >= 11 is 0. The molecule has 0 spiro atoms. The Labute approximate surface area is 212 Å². The Bertz CT molecular complexity index is 1060. The van der Waals surface area contributed by atoms with Crippen molar-refractivity contribution in [3.8, 4) is 23.3 Å². The Balaban J connectivity index is 1.21. The highest BCUT2D eigenvalue weighted by Crippen LogP contribution is 2.29. The molecule has 4 rings (SSSR count). The smallest absolute Gasteiger partial charge is 0.317 e. The molecule has 2 aromatic carbocycles. The fourth-order valence-corrected chi connectivity index (χ4v) is 5.15. The number of urea groups is 1. The lowest BCUT2D eigenvalue weighted by atomic mass is 9.84. The largest absolute Gasteiger partial charge is 0.493 e. The lowest BCUT2D eigenvalue weighted by Crippen LogP contribution is -2.56. The molecule has 0 aliphatic carbocycles. The molecule has 0 radical (unpaired) electrons. The van der Waals surface area contributed by atoms with Crippen molar-refractivity contribution >= 4 is 6.03 Å². The highest BCUT2D eigenvalue weighted by atomic mass is 16.5. The van der Waals surface area contributed by atoms with E-state index in [2.05, 4.69) is 16.3 Å². The van der Waals surface area contributed by atoms with Crippen LogP contribution in [0.2, 0.25) is 0 Å². The van der Waals surface area contributed by atoms with Gasteiger partial charge in [-0.25, -0.2) is 4.79 Å². The van der Waals surface area contributed by atoms with Crippen LogP contribution in [-0.2, 0) is 6.54 Å². The standard InChI is InChI=1S/C27H34N4O5/c1-34-25-8-5-20(10-26(25)35-2)12-29-27(33)31-15-21-9-22(16-31)14-30(13-21)17-23(32)18-36-24-6-3-19(11-28)4-7-24/h3-8,10,21-23,32H,9,12-18H2,1-2H3,(H,29,33). The Morgan fingerprint density at radius 1 is 1.08 bits per heavy atom. The van der Waals surface area contributed by atoms with Crippen molar-refractivity contribution in [2.45, 2.75) is 19.1 Å². The number of aliphatic hydroxyl groups excluding tert-OH is 1. The highest BCUT2D eigenvalue weighted by molar-refractivity contribution is 5.74. The lowest BCUT2D eigenvalue weighted by Gasteiger charge is -2.46. The number of fused-ring (bicyclic) bond motifs is 2. The molecule has 3 atom stereocenters. The zero-order chi connectivity index (χ0) is 25.5. The number of benzene rings is 2. The molecule has 2 amide bonds. The average molecular weight is 495 g/mol. The van der Waals surface area contributed by atoms with Gasteiger partial charge in [0.2, 0.25) is 0 Å². The van der Waals surface area contributed by atoms with Crippen LogP contribution in [0.3, 0.4) is 0 Å². The molecule has 2 aliphatic rings. The van der Waals surface area contributed by atoms with E-state index in [9.17, 15) is 9.90 Å². The highest BCUT2D eigenvalue weighted by Gasteiger charge is 2.36. The molecule has 9 heteroatoms. The Morgan fingerprint density at radius 3 is 2.42 bits per heavy atom. The fraction of sp³-hybridized carbons (Fsp3) is 0.481. The van der Waals surface area contributed by atoms with E-state index in [-0.39, 0.29) is 12.6 Å². The van der Waals surface area contributed by atoms with E-state index < -0.39 is 6.10 Å². The first-order valence-corrected chi connectivity index (χ1v) is 12.2. The summed E-state index contributed by atoms with van der Waals surface area (Å²) in [6.07, 6.45) is 0.494. The third-order valence-corrected chi connectivity index (χ3v) is 6.73. The van der Waals surface area contributed by atoms with Crippen LogP contribution in [0, 0.1) is 23.2 Å². The number of carbonyl (C=O) groups excluding carboxylic acids is 1. The first-order valence-electron chi connectivity index (χ1n) is 12.2. The van der Waals surface area contributed by atoms with E-state index >= 15 is 0 Å². The van der Waals surface area contributed by atoms with Gasteiger partial charge in [-0.1, -0.05) is 6.07 Å². The third kappa shape index (κ3) is 6.59. The van der Waals surface area contributed by atoms with Crippen LogP contribution in [0.4, 0.5) is 4.79 Å². The number of hydrogen-bond acceptors (Lipinski definition) is 7. The summed E-state index contributed by atoms with van der Waals surface area (Å²) in [6.45, 7) is 4.28. The third-order valence-electron chi connectivity index (χ3n) is 6.73. The zero-order valence-electron chi connectivity index (χ0n) is 20.9. The van der Waals surface area contributed by atoms with E-state index in [1.54, 1.807) is 38.5 Å². The van der Waals surface area contributed by atoms with Crippen molar-refractivity contribution < 1.29 is 24.1 Å². The van der Waals surface area contributed by atoms with Gasteiger partial charge in [-0.2, -0.15) is 5.26 Å². The molecule has 0 saturated carbocycles. The molecule has 0 aromatic heterocycles. The summed E-state index contributed by atoms with van der Waals surface area (Å²) in [4.78, 5) is 17.1.